The van der Waals surface area contributed by atoms with Gasteiger partial charge in [-0.2, -0.15) is 0 Å². The van der Waals surface area contributed by atoms with Crippen molar-refractivity contribution in [3.63, 3.8) is 0 Å². The van der Waals surface area contributed by atoms with Gasteiger partial charge in [-0.3, -0.25) is 9.59 Å². The van der Waals surface area contributed by atoms with Gasteiger partial charge in [-0.1, -0.05) is 12.8 Å². The molecule has 4 rings (SSSR count). The first-order valence-electron chi connectivity index (χ1n) is 11.6. The van der Waals surface area contributed by atoms with Crippen molar-refractivity contribution < 1.29 is 9.59 Å². The Morgan fingerprint density at radius 3 is 2.47 bits per heavy atom. The lowest BCUT2D eigenvalue weighted by molar-refractivity contribution is -0.136. The molecule has 3 aliphatic rings. The zero-order chi connectivity index (χ0) is 21.3. The molecule has 0 N–H and O–H groups in total. The number of carbonyl (C=O) groups excluding carboxylic acids is 2. The number of hydrogen-bond donors (Lipinski definition) is 0. The minimum atomic E-state index is -0.0255. The maximum atomic E-state index is 13.2. The van der Waals surface area contributed by atoms with E-state index in [2.05, 4.69) is 4.90 Å². The first-order chi connectivity index (χ1) is 14.4. The summed E-state index contributed by atoms with van der Waals surface area (Å²) in [5.74, 6) is 2.59. The van der Waals surface area contributed by atoms with Crippen molar-refractivity contribution in [2.45, 2.75) is 77.3 Å². The van der Waals surface area contributed by atoms with Crippen molar-refractivity contribution in [1.82, 2.24) is 19.8 Å². The van der Waals surface area contributed by atoms with Crippen LogP contribution in [0.15, 0.2) is 0 Å². The Balaban J connectivity index is 1.62. The predicted molar refractivity (Wildman–Crippen MR) is 116 cm³/mol. The molecule has 2 amide bonds. The number of piperidine rings is 1. The van der Waals surface area contributed by atoms with Gasteiger partial charge < -0.3 is 14.7 Å². The van der Waals surface area contributed by atoms with E-state index in [1.165, 1.54) is 25.7 Å². The number of rotatable bonds is 4. The predicted octanol–water partition coefficient (Wildman–Crippen LogP) is 3.08. The summed E-state index contributed by atoms with van der Waals surface area (Å²) in [7, 11) is 3.98. The van der Waals surface area contributed by atoms with Crippen LogP contribution in [0.3, 0.4) is 0 Å². The van der Waals surface area contributed by atoms with Crippen molar-refractivity contribution in [2.24, 2.45) is 5.92 Å². The number of likely N-dealkylation sites (tertiary alicyclic amines) is 1. The molecule has 164 valence electrons. The zero-order valence-corrected chi connectivity index (χ0v) is 18.7. The summed E-state index contributed by atoms with van der Waals surface area (Å²) in [5.41, 5.74) is 2.08. The normalized spacial score (nSPS) is 22.2. The molecule has 1 aromatic heterocycles. The van der Waals surface area contributed by atoms with Crippen LogP contribution >= 0.6 is 0 Å². The minimum Gasteiger partial charge on any atom is -0.362 e. The quantitative estimate of drug-likeness (QED) is 0.759. The summed E-state index contributed by atoms with van der Waals surface area (Å²) in [6, 6.07) is -0.0255. The fraction of sp³-hybridized carbons (Fsp3) is 0.739. The molecule has 1 saturated heterocycles. The van der Waals surface area contributed by atoms with E-state index in [0.717, 1.165) is 55.1 Å². The van der Waals surface area contributed by atoms with Crippen LogP contribution in [-0.2, 0) is 22.6 Å². The molecule has 0 spiro atoms. The first kappa shape index (κ1) is 21.1. The highest BCUT2D eigenvalue weighted by Gasteiger charge is 2.34. The van der Waals surface area contributed by atoms with Gasteiger partial charge >= 0.3 is 0 Å². The Bertz CT molecular complexity index is 803. The topological polar surface area (TPSA) is 69.6 Å². The standard InChI is InChI=1S/C23H35N5O2/c1-16(29)27-13-11-19-18(15-27)23(26(2)3)25-22(24-19)20-10-6-7-12-28(20)21(30)14-17-8-4-5-9-17/h17,20H,4-15H2,1-3H3/t20-/m1/s1. The molecule has 30 heavy (non-hydrogen) atoms. The molecule has 1 aromatic rings. The van der Waals surface area contributed by atoms with E-state index < -0.39 is 0 Å². The van der Waals surface area contributed by atoms with Crippen molar-refractivity contribution in [3.8, 4) is 0 Å². The van der Waals surface area contributed by atoms with E-state index in [0.29, 0.717) is 25.4 Å². The highest BCUT2D eigenvalue weighted by atomic mass is 16.2. The number of fused-ring (bicyclic) bond motifs is 1. The maximum Gasteiger partial charge on any atom is 0.223 e. The second-order valence-corrected chi connectivity index (χ2v) is 9.37. The molecule has 2 aliphatic heterocycles. The van der Waals surface area contributed by atoms with E-state index in [4.69, 9.17) is 9.97 Å². The molecule has 0 bridgehead atoms. The summed E-state index contributed by atoms with van der Waals surface area (Å²) in [4.78, 5) is 40.9. The van der Waals surface area contributed by atoms with Crippen LogP contribution in [0, 0.1) is 5.92 Å². The van der Waals surface area contributed by atoms with Gasteiger partial charge in [0.1, 0.15) is 5.82 Å². The molecular weight excluding hydrogens is 378 g/mol. The lowest BCUT2D eigenvalue weighted by atomic mass is 9.97. The Hall–Kier alpha value is -2.18. The van der Waals surface area contributed by atoms with Gasteiger partial charge in [0.2, 0.25) is 11.8 Å². The first-order valence-corrected chi connectivity index (χ1v) is 11.6. The minimum absolute atomic E-state index is 0.0255. The second-order valence-electron chi connectivity index (χ2n) is 9.37. The van der Waals surface area contributed by atoms with Crippen LogP contribution in [0.1, 0.15) is 81.4 Å². The van der Waals surface area contributed by atoms with Gasteiger partial charge in [0.15, 0.2) is 5.82 Å². The van der Waals surface area contributed by atoms with Gasteiger partial charge in [-0.05, 0) is 38.0 Å². The number of nitrogens with zero attached hydrogens (tertiary/aromatic N) is 5. The number of aromatic nitrogens is 2. The van der Waals surface area contributed by atoms with Crippen molar-refractivity contribution in [1.29, 1.82) is 0 Å². The average Bonchev–Trinajstić information content (AvgIpc) is 3.25. The molecule has 7 heteroatoms. The second kappa shape index (κ2) is 8.90. The number of carbonyl (C=O) groups is 2. The average molecular weight is 414 g/mol. The van der Waals surface area contributed by atoms with Crippen molar-refractivity contribution in [3.05, 3.63) is 17.1 Å². The molecule has 1 atom stereocenters. The summed E-state index contributed by atoms with van der Waals surface area (Å²) >= 11 is 0. The molecular formula is C23H35N5O2. The summed E-state index contributed by atoms with van der Waals surface area (Å²) in [6.07, 6.45) is 9.43. The molecule has 1 saturated carbocycles. The van der Waals surface area contributed by atoms with E-state index >= 15 is 0 Å². The highest BCUT2D eigenvalue weighted by Crippen LogP contribution is 2.35. The fourth-order valence-electron chi connectivity index (χ4n) is 5.28. The number of hydrogen-bond acceptors (Lipinski definition) is 5. The van der Waals surface area contributed by atoms with Gasteiger partial charge in [-0.15, -0.1) is 0 Å². The Morgan fingerprint density at radius 2 is 1.77 bits per heavy atom. The van der Waals surface area contributed by atoms with Gasteiger partial charge in [0, 0.05) is 52.5 Å². The Labute approximate surface area is 179 Å². The lowest BCUT2D eigenvalue weighted by Crippen LogP contribution is -2.41. The molecule has 0 aromatic carbocycles. The fourth-order valence-corrected chi connectivity index (χ4v) is 5.28. The van der Waals surface area contributed by atoms with Crippen LogP contribution in [0.4, 0.5) is 5.82 Å². The SMILES string of the molecule is CC(=O)N1CCc2nc([C@H]3CCCCN3C(=O)CC3CCCC3)nc(N(C)C)c2C1. The largest absolute Gasteiger partial charge is 0.362 e. The number of amides is 2. The van der Waals surface area contributed by atoms with Gasteiger partial charge in [0.05, 0.1) is 18.3 Å². The molecule has 7 nitrogen and oxygen atoms in total. The van der Waals surface area contributed by atoms with E-state index in [1.807, 2.05) is 23.9 Å². The van der Waals surface area contributed by atoms with Crippen LogP contribution < -0.4 is 4.90 Å². The van der Waals surface area contributed by atoms with Crippen LogP contribution in [-0.4, -0.2) is 58.8 Å². The maximum absolute atomic E-state index is 13.2. The van der Waals surface area contributed by atoms with E-state index in [1.54, 1.807) is 6.92 Å². The van der Waals surface area contributed by atoms with Crippen LogP contribution in [0.25, 0.3) is 0 Å². The third-order valence-corrected chi connectivity index (χ3v) is 6.98. The third kappa shape index (κ3) is 4.30. The summed E-state index contributed by atoms with van der Waals surface area (Å²) in [6.45, 7) is 3.69. The van der Waals surface area contributed by atoms with E-state index in [-0.39, 0.29) is 17.9 Å². The Kier molecular flexibility index (Phi) is 6.25. The summed E-state index contributed by atoms with van der Waals surface area (Å²) in [5, 5.41) is 0. The number of anilines is 1. The molecule has 0 unspecified atom stereocenters. The van der Waals surface area contributed by atoms with Crippen molar-refractivity contribution in [2.75, 3.05) is 32.1 Å². The molecule has 0 radical (unpaired) electrons. The Morgan fingerprint density at radius 1 is 1.03 bits per heavy atom. The van der Waals surface area contributed by atoms with Gasteiger partial charge in [-0.25, -0.2) is 9.97 Å². The van der Waals surface area contributed by atoms with Crippen molar-refractivity contribution >= 4 is 17.6 Å². The zero-order valence-electron chi connectivity index (χ0n) is 18.7. The highest BCUT2D eigenvalue weighted by molar-refractivity contribution is 5.77. The monoisotopic (exact) mass is 413 g/mol. The lowest BCUT2D eigenvalue weighted by Gasteiger charge is -2.37. The molecule has 2 fully saturated rings. The molecule has 3 heterocycles. The molecule has 1 aliphatic carbocycles. The van der Waals surface area contributed by atoms with E-state index in [9.17, 15) is 9.59 Å². The van der Waals surface area contributed by atoms with Crippen LogP contribution in [0.5, 0.6) is 0 Å². The van der Waals surface area contributed by atoms with Crippen LogP contribution in [0.2, 0.25) is 0 Å². The smallest absolute Gasteiger partial charge is 0.223 e. The third-order valence-electron chi connectivity index (χ3n) is 6.98. The van der Waals surface area contributed by atoms with Gasteiger partial charge in [0.25, 0.3) is 0 Å². The summed E-state index contributed by atoms with van der Waals surface area (Å²) < 4.78 is 0.